The first kappa shape index (κ1) is 27.9. The summed E-state index contributed by atoms with van der Waals surface area (Å²) in [6.45, 7) is 15.8. The maximum atomic E-state index is 10.9. The summed E-state index contributed by atoms with van der Waals surface area (Å²) in [5.74, 6) is 1.54. The topological polar surface area (TPSA) is 50.2 Å². The largest absolute Gasteiger partial charge is 0.481 e. The lowest BCUT2D eigenvalue weighted by atomic mass is 9.77. The first-order valence-electron chi connectivity index (χ1n) is 12.3. The van der Waals surface area contributed by atoms with Crippen LogP contribution in [0.5, 0.6) is 0 Å². The van der Waals surface area contributed by atoms with Crippen LogP contribution in [0.2, 0.25) is 0 Å². The lowest BCUT2D eigenvalue weighted by Gasteiger charge is -2.29. The van der Waals surface area contributed by atoms with Gasteiger partial charge in [-0.25, -0.2) is 4.98 Å². The van der Waals surface area contributed by atoms with Crippen LogP contribution in [0.1, 0.15) is 116 Å². The van der Waals surface area contributed by atoms with Gasteiger partial charge in [-0.1, -0.05) is 65.9 Å². The normalized spacial score (nSPS) is 15.6. The molecule has 1 N–H and O–H groups in total. The van der Waals surface area contributed by atoms with Crippen molar-refractivity contribution < 1.29 is 9.90 Å². The number of carbonyl (C=O) groups is 1. The maximum Gasteiger partial charge on any atom is 0.303 e. The molecule has 31 heavy (non-hydrogen) atoms. The summed E-state index contributed by atoms with van der Waals surface area (Å²) in [6, 6.07) is 0. The van der Waals surface area contributed by atoms with Crippen LogP contribution in [0.4, 0.5) is 0 Å². The quantitative estimate of drug-likeness (QED) is 0.274. The van der Waals surface area contributed by atoms with E-state index in [2.05, 4.69) is 64.9 Å². The van der Waals surface area contributed by atoms with E-state index in [0.29, 0.717) is 5.92 Å². The highest BCUT2D eigenvalue weighted by Gasteiger charge is 2.23. The number of rotatable bonds is 16. The summed E-state index contributed by atoms with van der Waals surface area (Å²) in [5.41, 5.74) is 2.67. The minimum Gasteiger partial charge on any atom is -0.481 e. The van der Waals surface area contributed by atoms with Gasteiger partial charge >= 0.3 is 5.97 Å². The molecule has 178 valence electrons. The molecule has 0 fully saturated rings. The van der Waals surface area contributed by atoms with Crippen LogP contribution < -0.4 is 0 Å². The van der Waals surface area contributed by atoms with Crippen molar-refractivity contribution in [2.45, 2.75) is 113 Å². The summed E-state index contributed by atoms with van der Waals surface area (Å²) in [5, 5.41) is 12.2. The Balaban J connectivity index is 2.18. The predicted octanol–water partition coefficient (Wildman–Crippen LogP) is 8.77. The number of nitrogens with zero attached hydrogens (tertiary/aromatic N) is 1. The summed E-state index contributed by atoms with van der Waals surface area (Å²) < 4.78 is 0. The van der Waals surface area contributed by atoms with Gasteiger partial charge in [0.2, 0.25) is 0 Å². The van der Waals surface area contributed by atoms with Crippen molar-refractivity contribution in [1.29, 1.82) is 0 Å². The van der Waals surface area contributed by atoms with Crippen LogP contribution in [0.3, 0.4) is 0 Å². The van der Waals surface area contributed by atoms with Crippen molar-refractivity contribution in [2.75, 3.05) is 0 Å². The highest BCUT2D eigenvalue weighted by molar-refractivity contribution is 7.09. The van der Waals surface area contributed by atoms with E-state index in [-0.39, 0.29) is 11.8 Å². The number of hydrogen-bond acceptors (Lipinski definition) is 3. The highest BCUT2D eigenvalue weighted by atomic mass is 32.1. The van der Waals surface area contributed by atoms with Crippen molar-refractivity contribution in [3.63, 3.8) is 0 Å². The van der Waals surface area contributed by atoms with Gasteiger partial charge in [-0.05, 0) is 75.2 Å². The molecule has 0 bridgehead atoms. The molecule has 1 aromatic rings. The van der Waals surface area contributed by atoms with Crippen molar-refractivity contribution >= 4 is 23.4 Å². The first-order chi connectivity index (χ1) is 14.5. The zero-order valence-corrected chi connectivity index (χ0v) is 22.0. The van der Waals surface area contributed by atoms with Gasteiger partial charge in [0.25, 0.3) is 0 Å². The standard InChI is InChI=1S/C27H47NO2S/c1-20(11-9-13-22(3)17-25-19-31-24(5)28-25)10-8-12-21(2)16-23(4)18-27(6,7)15-14-26(29)30/h17,19-21,23H,8-16,18H2,1-7H3,(H,29,30). The number of carboxylic acids is 1. The van der Waals surface area contributed by atoms with Gasteiger partial charge in [-0.2, -0.15) is 0 Å². The zero-order chi connectivity index (χ0) is 23.4. The number of allylic oxidation sites excluding steroid dienone is 1. The molecule has 0 aliphatic rings. The summed E-state index contributed by atoms with van der Waals surface area (Å²) in [4.78, 5) is 15.4. The van der Waals surface area contributed by atoms with E-state index in [0.717, 1.165) is 35.4 Å². The second-order valence-electron chi connectivity index (χ2n) is 10.9. The SMILES string of the molecule is CC(=Cc1csc(C)n1)CCCC(C)CCCC(C)CC(C)CC(C)(C)CCC(=O)O. The molecule has 4 heteroatoms. The predicted molar refractivity (Wildman–Crippen MR) is 136 cm³/mol. The van der Waals surface area contributed by atoms with Crippen molar-refractivity contribution in [1.82, 2.24) is 4.98 Å². The van der Waals surface area contributed by atoms with E-state index in [1.165, 1.54) is 50.5 Å². The Kier molecular flexibility index (Phi) is 12.7. The number of carboxylic acid groups (broad SMARTS) is 1. The van der Waals surface area contributed by atoms with Gasteiger partial charge in [0, 0.05) is 11.8 Å². The molecule has 0 saturated carbocycles. The molecule has 0 saturated heterocycles. The van der Waals surface area contributed by atoms with E-state index < -0.39 is 5.97 Å². The molecule has 0 aromatic carbocycles. The van der Waals surface area contributed by atoms with E-state index in [1.807, 2.05) is 0 Å². The molecular weight excluding hydrogens is 402 g/mol. The smallest absolute Gasteiger partial charge is 0.303 e. The van der Waals surface area contributed by atoms with Crippen LogP contribution in [-0.2, 0) is 4.79 Å². The van der Waals surface area contributed by atoms with Crippen molar-refractivity contribution in [2.24, 2.45) is 23.2 Å². The van der Waals surface area contributed by atoms with Crippen LogP contribution in [0, 0.1) is 30.1 Å². The molecule has 0 amide bonds. The minimum atomic E-state index is -0.677. The molecule has 0 aliphatic heterocycles. The number of thiazole rings is 1. The molecule has 0 spiro atoms. The molecular formula is C27H47NO2S. The van der Waals surface area contributed by atoms with Crippen molar-refractivity contribution in [3.8, 4) is 0 Å². The van der Waals surface area contributed by atoms with Crippen molar-refractivity contribution in [3.05, 3.63) is 21.7 Å². The Morgan fingerprint density at radius 3 is 2.35 bits per heavy atom. The lowest BCUT2D eigenvalue weighted by Crippen LogP contribution is -2.18. The Morgan fingerprint density at radius 1 is 1.10 bits per heavy atom. The van der Waals surface area contributed by atoms with Crippen LogP contribution in [-0.4, -0.2) is 16.1 Å². The van der Waals surface area contributed by atoms with E-state index in [1.54, 1.807) is 11.3 Å². The van der Waals surface area contributed by atoms with Gasteiger partial charge in [-0.3, -0.25) is 4.79 Å². The molecule has 0 aliphatic carbocycles. The second-order valence-corrected chi connectivity index (χ2v) is 12.0. The van der Waals surface area contributed by atoms with E-state index in [9.17, 15) is 4.79 Å². The maximum absolute atomic E-state index is 10.9. The highest BCUT2D eigenvalue weighted by Crippen LogP contribution is 2.34. The Bertz CT molecular complexity index is 677. The van der Waals surface area contributed by atoms with Gasteiger partial charge in [0.15, 0.2) is 0 Å². The number of aryl methyl sites for hydroxylation is 1. The molecule has 3 nitrogen and oxygen atoms in total. The van der Waals surface area contributed by atoms with Gasteiger partial charge in [0.1, 0.15) is 0 Å². The number of hydrogen-bond donors (Lipinski definition) is 1. The Labute approximate surface area is 195 Å². The minimum absolute atomic E-state index is 0.122. The van der Waals surface area contributed by atoms with Gasteiger partial charge < -0.3 is 5.11 Å². The third-order valence-corrected chi connectivity index (χ3v) is 7.21. The van der Waals surface area contributed by atoms with Crippen LogP contribution in [0.25, 0.3) is 6.08 Å². The molecule has 0 radical (unpaired) electrons. The molecule has 1 rings (SSSR count). The molecule has 1 aromatic heterocycles. The van der Waals surface area contributed by atoms with E-state index in [4.69, 9.17) is 5.11 Å². The van der Waals surface area contributed by atoms with Gasteiger partial charge in [0.05, 0.1) is 10.7 Å². The average Bonchev–Trinajstić information content (AvgIpc) is 3.04. The first-order valence-corrected chi connectivity index (χ1v) is 13.2. The summed E-state index contributed by atoms with van der Waals surface area (Å²) >= 11 is 1.72. The molecule has 3 atom stereocenters. The second kappa shape index (κ2) is 14.1. The average molecular weight is 450 g/mol. The Hall–Kier alpha value is -1.16. The van der Waals surface area contributed by atoms with Gasteiger partial charge in [-0.15, -0.1) is 11.3 Å². The Morgan fingerprint density at radius 2 is 1.74 bits per heavy atom. The monoisotopic (exact) mass is 449 g/mol. The fraction of sp³-hybridized carbons (Fsp3) is 0.778. The summed E-state index contributed by atoms with van der Waals surface area (Å²) in [7, 11) is 0. The third kappa shape index (κ3) is 13.8. The number of aliphatic carboxylic acids is 1. The number of aromatic nitrogens is 1. The fourth-order valence-corrected chi connectivity index (χ4v) is 5.41. The zero-order valence-electron chi connectivity index (χ0n) is 21.2. The van der Waals surface area contributed by atoms with E-state index >= 15 is 0 Å². The third-order valence-electron chi connectivity index (χ3n) is 6.41. The molecule has 3 unspecified atom stereocenters. The lowest BCUT2D eigenvalue weighted by molar-refractivity contribution is -0.137. The molecule has 1 heterocycles. The van der Waals surface area contributed by atoms with Crippen LogP contribution >= 0.6 is 11.3 Å². The fourth-order valence-electron chi connectivity index (χ4n) is 4.84. The summed E-state index contributed by atoms with van der Waals surface area (Å²) in [6.07, 6.45) is 13.4. The van der Waals surface area contributed by atoms with Crippen LogP contribution in [0.15, 0.2) is 11.0 Å².